The average molecular weight is 816 g/mol. The van der Waals surface area contributed by atoms with E-state index in [-0.39, 0.29) is 61.2 Å². The lowest BCUT2D eigenvalue weighted by atomic mass is 9.70. The summed E-state index contributed by atoms with van der Waals surface area (Å²) >= 11 is 5.74. The molecular formula is C32H34FN10O9P2S+. The van der Waals surface area contributed by atoms with Crippen molar-refractivity contribution in [3.63, 3.8) is 0 Å². The van der Waals surface area contributed by atoms with Crippen LogP contribution in [0.3, 0.4) is 0 Å². The average Bonchev–Trinajstić information content (AvgIpc) is 3.88. The van der Waals surface area contributed by atoms with Crippen molar-refractivity contribution in [2.45, 2.75) is 44.0 Å². The van der Waals surface area contributed by atoms with Crippen molar-refractivity contribution in [2.24, 2.45) is 11.8 Å². The summed E-state index contributed by atoms with van der Waals surface area (Å²) in [4.78, 5) is 51.5. The van der Waals surface area contributed by atoms with Crippen LogP contribution in [0.5, 0.6) is 0 Å². The number of halogens is 1. The quantitative estimate of drug-likeness (QED) is 0.0731. The number of hydrogen-bond acceptors (Lipinski definition) is 15. The van der Waals surface area contributed by atoms with Crippen LogP contribution in [-0.4, -0.2) is 106 Å². The molecule has 1 aliphatic heterocycles. The van der Waals surface area contributed by atoms with Gasteiger partial charge in [-0.3, -0.25) is 9.36 Å². The largest absolute Gasteiger partial charge is 0.695 e. The van der Waals surface area contributed by atoms with Crippen LogP contribution in [-0.2, 0) is 39.2 Å². The highest BCUT2D eigenvalue weighted by molar-refractivity contribution is 8.07. The first kappa shape index (κ1) is 38.9. The van der Waals surface area contributed by atoms with Crippen LogP contribution in [0, 0.1) is 25.3 Å². The van der Waals surface area contributed by atoms with Crippen LogP contribution in [0.1, 0.15) is 34.7 Å². The third kappa shape index (κ3) is 8.16. The Labute approximate surface area is 318 Å². The summed E-state index contributed by atoms with van der Waals surface area (Å²) in [5.74, 6) is -0.802. The Kier molecular flexibility index (Phi) is 11.9. The first-order valence-corrected chi connectivity index (χ1v) is 20.6. The summed E-state index contributed by atoms with van der Waals surface area (Å²) in [5, 5.41) is 12.8. The fraction of sp³-hybridized carbons (Fsp3) is 0.438. The maximum Gasteiger partial charge on any atom is 0.695 e. The molecule has 19 nitrogen and oxygen atoms in total. The van der Waals surface area contributed by atoms with E-state index in [1.54, 1.807) is 36.7 Å². The second-order valence-electron chi connectivity index (χ2n) is 12.6. The monoisotopic (exact) mass is 815 g/mol. The molecule has 5 heterocycles. The number of rotatable bonds is 16. The number of aliphatic hydroxyl groups excluding tert-OH is 1. The van der Waals surface area contributed by atoms with Gasteiger partial charge in [0, 0.05) is 28.7 Å². The Morgan fingerprint density at radius 1 is 1.07 bits per heavy atom. The van der Waals surface area contributed by atoms with Gasteiger partial charge in [-0.05, 0) is 43.2 Å². The first-order valence-electron chi connectivity index (χ1n) is 16.9. The number of alkyl halides is 1. The highest BCUT2D eigenvalue weighted by Crippen LogP contribution is 2.54. The van der Waals surface area contributed by atoms with E-state index in [2.05, 4.69) is 40.1 Å². The molecule has 0 spiro atoms. The molecule has 9 atom stereocenters. The minimum atomic E-state index is -3.69. The van der Waals surface area contributed by atoms with Gasteiger partial charge in [-0.2, -0.15) is 0 Å². The number of nitrogens with one attached hydrogen (secondary N) is 1. The van der Waals surface area contributed by atoms with Gasteiger partial charge in [-0.15, -0.1) is 9.42 Å². The van der Waals surface area contributed by atoms with Crippen LogP contribution in [0.15, 0.2) is 55.6 Å². The van der Waals surface area contributed by atoms with Gasteiger partial charge in [0.15, 0.2) is 41.1 Å². The maximum absolute atomic E-state index is 16.2. The van der Waals surface area contributed by atoms with E-state index in [1.807, 2.05) is 11.5 Å². The van der Waals surface area contributed by atoms with Crippen molar-refractivity contribution in [2.75, 3.05) is 38.3 Å². The number of fused-ring (bicyclic) bond motifs is 2. The zero-order valence-electron chi connectivity index (χ0n) is 28.9. The summed E-state index contributed by atoms with van der Waals surface area (Å²) in [6.45, 7) is 4.50. The van der Waals surface area contributed by atoms with Crippen molar-refractivity contribution in [1.29, 1.82) is 0 Å². The number of benzene rings is 1. The topological polar surface area (TPSA) is 224 Å². The third-order valence-electron chi connectivity index (χ3n) is 9.43. The molecule has 7 rings (SSSR count). The van der Waals surface area contributed by atoms with E-state index in [0.717, 1.165) is 12.0 Å². The van der Waals surface area contributed by atoms with E-state index in [9.17, 15) is 19.4 Å². The summed E-state index contributed by atoms with van der Waals surface area (Å²) in [7, 11) is -3.30. The van der Waals surface area contributed by atoms with Crippen LogP contribution in [0.2, 0.25) is 0 Å². The van der Waals surface area contributed by atoms with Crippen LogP contribution in [0.4, 0.5) is 10.2 Å². The molecule has 1 amide bonds. The van der Waals surface area contributed by atoms with Gasteiger partial charge in [-0.25, -0.2) is 40.9 Å². The summed E-state index contributed by atoms with van der Waals surface area (Å²) in [5.41, 5.74) is 2.61. The summed E-state index contributed by atoms with van der Waals surface area (Å²) in [6, 6.07) is 8.27. The molecular weight excluding hydrogens is 781 g/mol. The van der Waals surface area contributed by atoms with Gasteiger partial charge in [0.2, 0.25) is 6.54 Å². The van der Waals surface area contributed by atoms with E-state index in [0.29, 0.717) is 23.1 Å². The molecule has 2 unspecified atom stereocenters. The molecule has 23 heteroatoms. The predicted molar refractivity (Wildman–Crippen MR) is 195 cm³/mol. The van der Waals surface area contributed by atoms with Gasteiger partial charge >= 0.3 is 15.0 Å². The van der Waals surface area contributed by atoms with Crippen molar-refractivity contribution in [1.82, 2.24) is 39.0 Å². The highest BCUT2D eigenvalue weighted by Gasteiger charge is 2.52. The zero-order chi connectivity index (χ0) is 38.7. The standard InChI is InChI=1S/C32H33FN10O9P2S/c1-18-25-29(37-14-35-18)42(16-39-25)22-10-20(11-44)21(22)12-49-54(55,48-9-8-34-2)50-13-23-27(52-53(46)47)24(33)32(51-23)43-17-40-26-28(36-15-38-30(26)43)41-31(45)19-6-4-3-5-7-19/h3-7,14-17,20-24,27,32,44H,8-13H2,1H3,(H-,36,38,41,45,46,47)/p+1/t20-,21-,22-,23-,24-,27-,32-,54?/m1/s1. The van der Waals surface area contributed by atoms with E-state index >= 15 is 4.39 Å². The number of nitrogens with zero attached hydrogens (tertiary/aromatic N) is 9. The van der Waals surface area contributed by atoms with E-state index < -0.39 is 52.1 Å². The van der Waals surface area contributed by atoms with Crippen molar-refractivity contribution >= 4 is 60.8 Å². The van der Waals surface area contributed by atoms with E-state index in [1.165, 1.54) is 17.2 Å². The lowest BCUT2D eigenvalue weighted by Crippen LogP contribution is -2.43. The molecule has 3 N–H and O–H groups in total. The molecule has 4 aromatic heterocycles. The van der Waals surface area contributed by atoms with Crippen LogP contribution >= 0.6 is 15.0 Å². The van der Waals surface area contributed by atoms with Crippen molar-refractivity contribution in [3.8, 4) is 0 Å². The van der Waals surface area contributed by atoms with Gasteiger partial charge in [0.25, 0.3) is 5.91 Å². The predicted octanol–water partition coefficient (Wildman–Crippen LogP) is 3.86. The molecule has 5 aromatic rings. The Morgan fingerprint density at radius 3 is 2.53 bits per heavy atom. The Morgan fingerprint density at radius 2 is 1.78 bits per heavy atom. The summed E-state index contributed by atoms with van der Waals surface area (Å²) < 4.78 is 60.3. The second-order valence-corrected chi connectivity index (χ2v) is 16.3. The number of amides is 1. The molecule has 1 aliphatic carbocycles. The highest BCUT2D eigenvalue weighted by atomic mass is 32.5. The van der Waals surface area contributed by atoms with Crippen molar-refractivity contribution < 1.29 is 46.6 Å². The number of aromatic nitrogens is 8. The van der Waals surface area contributed by atoms with Gasteiger partial charge in [0.05, 0.1) is 31.6 Å². The van der Waals surface area contributed by atoms with Crippen molar-refractivity contribution in [3.05, 3.63) is 78.3 Å². The number of hydrogen-bond donors (Lipinski definition) is 3. The maximum atomic E-state index is 16.2. The zero-order valence-corrected chi connectivity index (χ0v) is 31.5. The molecule has 1 saturated heterocycles. The SMILES string of the molecule is [C-]#[N+]CCOP(=S)(OC[C@@H]1[C@@H](CO)C[C@H]1n1cnc2c(C)ncnc21)OC[C@H]1O[C@@H](n2cnc3c(NC(=O)c4ccccc4)ncnc32)[C@H](F)[C@@H]1O[P+](=O)O. The summed E-state index contributed by atoms with van der Waals surface area (Å²) in [6.07, 6.45) is -0.341. The number of aryl methyl sites for hydroxylation is 1. The number of carbonyl (C=O) groups is 1. The van der Waals surface area contributed by atoms with Gasteiger partial charge < -0.3 is 38.1 Å². The lowest BCUT2D eigenvalue weighted by molar-refractivity contribution is -0.0457. The smallest absolute Gasteiger partial charge is 0.396 e. The fourth-order valence-electron chi connectivity index (χ4n) is 6.60. The molecule has 55 heavy (non-hydrogen) atoms. The van der Waals surface area contributed by atoms with Gasteiger partial charge in [0.1, 0.15) is 30.9 Å². The van der Waals surface area contributed by atoms with E-state index in [4.69, 9.17) is 41.2 Å². The number of imidazole rings is 2. The number of aliphatic hydroxyl groups is 1. The van der Waals surface area contributed by atoms with Gasteiger partial charge in [-0.1, -0.05) is 18.2 Å². The molecule has 0 radical (unpaired) electrons. The molecule has 1 saturated carbocycles. The minimum Gasteiger partial charge on any atom is -0.396 e. The molecule has 2 fully saturated rings. The third-order valence-corrected chi connectivity index (χ3v) is 12.2. The Hall–Kier alpha value is -4.32. The number of carbonyl (C=O) groups excluding carboxylic acids is 1. The van der Waals surface area contributed by atoms with Crippen LogP contribution < -0.4 is 5.32 Å². The molecule has 2 aliphatic rings. The lowest BCUT2D eigenvalue weighted by Gasteiger charge is -2.44. The Bertz CT molecular complexity index is 2280. The second kappa shape index (κ2) is 16.8. The number of anilines is 1. The normalized spacial score (nSPS) is 25.0. The minimum absolute atomic E-state index is 0.0128. The van der Waals surface area contributed by atoms with Crippen LogP contribution in [0.25, 0.3) is 27.2 Å². The molecule has 288 valence electrons. The molecule has 0 bridgehead atoms. The first-order chi connectivity index (χ1) is 26.6. The Balaban J connectivity index is 1.08. The molecule has 1 aromatic carbocycles. The number of ether oxygens (including phenoxy) is 1. The fourth-order valence-corrected chi connectivity index (χ4v) is 8.86.